The summed E-state index contributed by atoms with van der Waals surface area (Å²) < 4.78 is 0. The standard InChI is InChI=1S/C19H45N7O2/c1-19(2,3)26(18(27)28)10-5-4-6-17(23)16-25(13-9-22)15-14-24(11-7-20)12-8-21/h17H,4-16,20-23H2,1-3H3,(H,27,28). The number of rotatable bonds is 16. The average molecular weight is 404 g/mol. The molecule has 0 aromatic rings. The largest absolute Gasteiger partial charge is 0.465 e. The van der Waals surface area contributed by atoms with E-state index in [2.05, 4.69) is 9.80 Å². The van der Waals surface area contributed by atoms with Gasteiger partial charge >= 0.3 is 6.09 Å². The van der Waals surface area contributed by atoms with Gasteiger partial charge in [0.1, 0.15) is 0 Å². The molecule has 0 saturated heterocycles. The molecular weight excluding hydrogens is 358 g/mol. The summed E-state index contributed by atoms with van der Waals surface area (Å²) in [6.45, 7) is 13.2. The lowest BCUT2D eigenvalue weighted by atomic mass is 10.0. The van der Waals surface area contributed by atoms with Crippen LogP contribution in [0.2, 0.25) is 0 Å². The van der Waals surface area contributed by atoms with Crippen molar-refractivity contribution in [3.05, 3.63) is 0 Å². The second-order valence-electron chi connectivity index (χ2n) is 8.37. The Kier molecular flexibility index (Phi) is 14.4. The predicted molar refractivity (Wildman–Crippen MR) is 116 cm³/mol. The van der Waals surface area contributed by atoms with Gasteiger partial charge in [0.15, 0.2) is 0 Å². The first-order chi connectivity index (χ1) is 13.1. The van der Waals surface area contributed by atoms with Crippen molar-refractivity contribution in [3.63, 3.8) is 0 Å². The van der Waals surface area contributed by atoms with Gasteiger partial charge in [-0.3, -0.25) is 9.80 Å². The van der Waals surface area contributed by atoms with Crippen molar-refractivity contribution < 1.29 is 9.90 Å². The Balaban J connectivity index is 4.31. The van der Waals surface area contributed by atoms with Crippen molar-refractivity contribution in [2.24, 2.45) is 22.9 Å². The summed E-state index contributed by atoms with van der Waals surface area (Å²) >= 11 is 0. The number of hydrogen-bond donors (Lipinski definition) is 5. The zero-order valence-electron chi connectivity index (χ0n) is 18.3. The molecule has 0 aliphatic carbocycles. The summed E-state index contributed by atoms with van der Waals surface area (Å²) in [5.41, 5.74) is 23.0. The Morgan fingerprint density at radius 1 is 0.857 bits per heavy atom. The first-order valence-corrected chi connectivity index (χ1v) is 10.5. The van der Waals surface area contributed by atoms with Crippen LogP contribution >= 0.6 is 0 Å². The lowest BCUT2D eigenvalue weighted by molar-refractivity contribution is 0.0988. The molecule has 0 bridgehead atoms. The summed E-state index contributed by atoms with van der Waals surface area (Å²) in [6.07, 6.45) is 1.72. The van der Waals surface area contributed by atoms with Gasteiger partial charge in [0.2, 0.25) is 0 Å². The lowest BCUT2D eigenvalue weighted by Gasteiger charge is -2.33. The fourth-order valence-corrected chi connectivity index (χ4v) is 3.28. The second kappa shape index (κ2) is 14.9. The third-order valence-corrected chi connectivity index (χ3v) is 4.81. The van der Waals surface area contributed by atoms with E-state index in [4.69, 9.17) is 22.9 Å². The van der Waals surface area contributed by atoms with E-state index in [0.717, 1.165) is 58.5 Å². The molecule has 9 N–H and O–H groups in total. The summed E-state index contributed by atoms with van der Waals surface area (Å²) in [7, 11) is 0. The van der Waals surface area contributed by atoms with Crippen LogP contribution in [0.4, 0.5) is 4.79 Å². The van der Waals surface area contributed by atoms with E-state index in [9.17, 15) is 9.90 Å². The molecule has 1 amide bonds. The number of hydrogen-bond acceptors (Lipinski definition) is 7. The van der Waals surface area contributed by atoms with Gasteiger partial charge in [-0.05, 0) is 33.6 Å². The van der Waals surface area contributed by atoms with Gasteiger partial charge in [-0.1, -0.05) is 6.42 Å². The zero-order chi connectivity index (χ0) is 21.6. The molecule has 0 aromatic carbocycles. The quantitative estimate of drug-likeness (QED) is 0.221. The molecule has 1 atom stereocenters. The Labute approximate surface area is 171 Å². The van der Waals surface area contributed by atoms with E-state index in [0.29, 0.717) is 26.2 Å². The highest BCUT2D eigenvalue weighted by Gasteiger charge is 2.25. The highest BCUT2D eigenvalue weighted by molar-refractivity contribution is 5.65. The van der Waals surface area contributed by atoms with Crippen LogP contribution in [0.1, 0.15) is 40.0 Å². The van der Waals surface area contributed by atoms with Crippen molar-refractivity contribution in [1.82, 2.24) is 14.7 Å². The summed E-state index contributed by atoms with van der Waals surface area (Å²) in [6, 6.07) is 0.0527. The maximum atomic E-state index is 11.4. The third kappa shape index (κ3) is 12.5. The molecule has 9 nitrogen and oxygen atoms in total. The monoisotopic (exact) mass is 403 g/mol. The molecule has 1 unspecified atom stereocenters. The minimum absolute atomic E-state index is 0.0527. The molecule has 28 heavy (non-hydrogen) atoms. The van der Waals surface area contributed by atoms with Crippen LogP contribution in [-0.2, 0) is 0 Å². The Morgan fingerprint density at radius 2 is 1.36 bits per heavy atom. The SMILES string of the molecule is CC(C)(C)N(CCCCC(N)CN(CCN)CCN(CCN)CCN)C(=O)O. The van der Waals surface area contributed by atoms with E-state index in [-0.39, 0.29) is 11.6 Å². The number of nitrogens with zero attached hydrogens (tertiary/aromatic N) is 3. The highest BCUT2D eigenvalue weighted by atomic mass is 16.4. The zero-order valence-corrected chi connectivity index (χ0v) is 18.3. The van der Waals surface area contributed by atoms with E-state index >= 15 is 0 Å². The third-order valence-electron chi connectivity index (χ3n) is 4.81. The van der Waals surface area contributed by atoms with Crippen molar-refractivity contribution in [3.8, 4) is 0 Å². The molecule has 0 spiro atoms. The minimum atomic E-state index is -0.870. The smallest absolute Gasteiger partial charge is 0.407 e. The summed E-state index contributed by atoms with van der Waals surface area (Å²) in [4.78, 5) is 17.4. The van der Waals surface area contributed by atoms with Crippen LogP contribution < -0.4 is 22.9 Å². The minimum Gasteiger partial charge on any atom is -0.465 e. The maximum Gasteiger partial charge on any atom is 0.407 e. The summed E-state index contributed by atoms with van der Waals surface area (Å²) in [5.74, 6) is 0. The number of carbonyl (C=O) groups is 1. The van der Waals surface area contributed by atoms with Gasteiger partial charge in [-0.25, -0.2) is 4.79 Å². The van der Waals surface area contributed by atoms with Crippen molar-refractivity contribution >= 4 is 6.09 Å². The maximum absolute atomic E-state index is 11.4. The number of carboxylic acid groups (broad SMARTS) is 1. The molecule has 168 valence electrons. The van der Waals surface area contributed by atoms with Crippen LogP contribution in [0.25, 0.3) is 0 Å². The molecule has 0 radical (unpaired) electrons. The van der Waals surface area contributed by atoms with E-state index in [1.807, 2.05) is 20.8 Å². The van der Waals surface area contributed by atoms with Crippen LogP contribution in [0.5, 0.6) is 0 Å². The highest BCUT2D eigenvalue weighted by Crippen LogP contribution is 2.15. The molecule has 0 saturated carbocycles. The molecule has 0 heterocycles. The molecular formula is C19H45N7O2. The van der Waals surface area contributed by atoms with Crippen molar-refractivity contribution in [1.29, 1.82) is 0 Å². The fraction of sp³-hybridized carbons (Fsp3) is 0.947. The average Bonchev–Trinajstić information content (AvgIpc) is 2.58. The summed E-state index contributed by atoms with van der Waals surface area (Å²) in [5, 5.41) is 9.34. The predicted octanol–water partition coefficient (Wildman–Crippen LogP) is -0.257. The van der Waals surface area contributed by atoms with Gasteiger partial charge in [0.05, 0.1) is 0 Å². The molecule has 0 aliphatic rings. The van der Waals surface area contributed by atoms with Gasteiger partial charge in [0, 0.05) is 77.0 Å². The Bertz CT molecular complexity index is 398. The van der Waals surface area contributed by atoms with Gasteiger partial charge in [-0.15, -0.1) is 0 Å². The van der Waals surface area contributed by atoms with Gasteiger partial charge < -0.3 is 32.9 Å². The molecule has 9 heteroatoms. The van der Waals surface area contributed by atoms with Crippen LogP contribution in [-0.4, -0.2) is 103 Å². The first-order valence-electron chi connectivity index (χ1n) is 10.5. The Morgan fingerprint density at radius 3 is 1.82 bits per heavy atom. The molecule has 0 rings (SSSR count). The normalized spacial score (nSPS) is 13.3. The van der Waals surface area contributed by atoms with Crippen molar-refractivity contribution in [2.45, 2.75) is 51.6 Å². The number of amides is 1. The lowest BCUT2D eigenvalue weighted by Crippen LogP contribution is -2.46. The van der Waals surface area contributed by atoms with E-state index < -0.39 is 6.09 Å². The molecule has 0 fully saturated rings. The fourth-order valence-electron chi connectivity index (χ4n) is 3.28. The Hall–Kier alpha value is -0.970. The van der Waals surface area contributed by atoms with E-state index in [1.54, 1.807) is 0 Å². The van der Waals surface area contributed by atoms with Crippen molar-refractivity contribution in [2.75, 3.05) is 65.4 Å². The van der Waals surface area contributed by atoms with Crippen LogP contribution in [0.3, 0.4) is 0 Å². The second-order valence-corrected chi connectivity index (χ2v) is 8.37. The number of unbranched alkanes of at least 4 members (excludes halogenated alkanes) is 1. The van der Waals surface area contributed by atoms with Gasteiger partial charge in [0.25, 0.3) is 0 Å². The van der Waals surface area contributed by atoms with E-state index in [1.165, 1.54) is 4.90 Å². The first kappa shape index (κ1) is 27.0. The number of nitrogens with two attached hydrogens (primary N) is 4. The van der Waals surface area contributed by atoms with Gasteiger partial charge in [-0.2, -0.15) is 0 Å². The molecule has 0 aromatic heterocycles. The van der Waals surface area contributed by atoms with Crippen LogP contribution in [0, 0.1) is 0 Å². The molecule has 0 aliphatic heterocycles. The topological polar surface area (TPSA) is 151 Å². The van der Waals surface area contributed by atoms with Crippen LogP contribution in [0.15, 0.2) is 0 Å².